The monoisotopic (exact) mass is 357 g/mol. The van der Waals surface area contributed by atoms with E-state index in [0.29, 0.717) is 11.3 Å². The van der Waals surface area contributed by atoms with E-state index in [1.165, 1.54) is 13.0 Å². The molecule has 0 aliphatic carbocycles. The molecule has 0 saturated heterocycles. The highest BCUT2D eigenvalue weighted by Crippen LogP contribution is 2.23. The summed E-state index contributed by atoms with van der Waals surface area (Å²) < 4.78 is 10.5. The predicted molar refractivity (Wildman–Crippen MR) is 96.9 cm³/mol. The minimum absolute atomic E-state index is 0.0122. The first-order valence-electron chi connectivity index (χ1n) is 8.41. The second-order valence-electron chi connectivity index (χ2n) is 6.66. The van der Waals surface area contributed by atoms with Crippen LogP contribution in [0.5, 0.6) is 0 Å². The van der Waals surface area contributed by atoms with Crippen LogP contribution in [0.15, 0.2) is 40.8 Å². The molecule has 1 N–H and O–H groups in total. The Kier molecular flexibility index (Phi) is 5.97. The van der Waals surface area contributed by atoms with Crippen LogP contribution >= 0.6 is 0 Å². The second kappa shape index (κ2) is 7.99. The van der Waals surface area contributed by atoms with Crippen molar-refractivity contribution in [1.29, 1.82) is 0 Å². The number of rotatable bonds is 7. The van der Waals surface area contributed by atoms with Crippen LogP contribution < -0.4 is 5.32 Å². The van der Waals surface area contributed by atoms with E-state index < -0.39 is 5.97 Å². The van der Waals surface area contributed by atoms with Gasteiger partial charge in [0.2, 0.25) is 5.76 Å². The average Bonchev–Trinajstić information content (AvgIpc) is 3.09. The van der Waals surface area contributed by atoms with E-state index in [2.05, 4.69) is 5.32 Å². The first kappa shape index (κ1) is 19.4. The number of ketones is 1. The molecule has 0 bridgehead atoms. The molecule has 0 atom stereocenters. The van der Waals surface area contributed by atoms with Crippen molar-refractivity contribution in [2.75, 3.05) is 6.61 Å². The van der Waals surface area contributed by atoms with Crippen LogP contribution in [0.3, 0.4) is 0 Å². The lowest BCUT2D eigenvalue weighted by Crippen LogP contribution is -2.44. The Balaban J connectivity index is 1.97. The predicted octanol–water partition coefficient (Wildman–Crippen LogP) is 3.61. The summed E-state index contributed by atoms with van der Waals surface area (Å²) in [5, 5.41) is 2.78. The van der Waals surface area contributed by atoms with Gasteiger partial charge in [0.25, 0.3) is 5.91 Å². The Hall–Kier alpha value is -2.89. The van der Waals surface area contributed by atoms with Gasteiger partial charge in [-0.15, -0.1) is 0 Å². The minimum atomic E-state index is -0.707. The number of nitrogens with one attached hydrogen (secondary N) is 1. The van der Waals surface area contributed by atoms with Crippen LogP contribution in [0.2, 0.25) is 0 Å². The van der Waals surface area contributed by atoms with Crippen LogP contribution in [-0.4, -0.2) is 29.8 Å². The van der Waals surface area contributed by atoms with E-state index in [-0.39, 0.29) is 29.6 Å². The number of esters is 1. The summed E-state index contributed by atoms with van der Waals surface area (Å²) in [6.07, 6.45) is 0.761. The van der Waals surface area contributed by atoms with Gasteiger partial charge < -0.3 is 14.5 Å². The Bertz CT molecular complexity index is 802. The lowest BCUT2D eigenvalue weighted by Gasteiger charge is -2.24. The molecule has 0 radical (unpaired) electrons. The van der Waals surface area contributed by atoms with Crippen molar-refractivity contribution in [2.24, 2.45) is 0 Å². The van der Waals surface area contributed by atoms with Gasteiger partial charge >= 0.3 is 5.97 Å². The van der Waals surface area contributed by atoms with E-state index in [0.717, 1.165) is 12.0 Å². The molecule has 1 amide bonds. The number of carbonyl (C=O) groups excluding carboxylic acids is 3. The lowest BCUT2D eigenvalue weighted by atomic mass is 10.0. The number of hydrogen-bond donors (Lipinski definition) is 1. The fraction of sp³-hybridized carbons (Fsp3) is 0.350. The highest BCUT2D eigenvalue weighted by atomic mass is 16.5. The van der Waals surface area contributed by atoms with Gasteiger partial charge in [-0.3, -0.25) is 9.59 Å². The maximum atomic E-state index is 12.0. The van der Waals surface area contributed by atoms with Crippen LogP contribution in [-0.2, 0) is 9.53 Å². The molecule has 0 aliphatic heterocycles. The van der Waals surface area contributed by atoms with Gasteiger partial charge in [0, 0.05) is 16.7 Å². The van der Waals surface area contributed by atoms with Crippen molar-refractivity contribution in [2.45, 2.75) is 39.7 Å². The molecule has 6 heteroatoms. The molecular formula is C20H23NO5. The molecule has 1 heterocycles. The maximum absolute atomic E-state index is 12.0. The van der Waals surface area contributed by atoms with Crippen LogP contribution in [0.1, 0.15) is 55.0 Å². The summed E-state index contributed by atoms with van der Waals surface area (Å²) in [7, 11) is 0. The number of amides is 1. The van der Waals surface area contributed by atoms with Crippen LogP contribution in [0.25, 0.3) is 11.3 Å². The van der Waals surface area contributed by atoms with Gasteiger partial charge in [-0.1, -0.05) is 31.2 Å². The number of benzene rings is 1. The van der Waals surface area contributed by atoms with Gasteiger partial charge in [0.15, 0.2) is 12.4 Å². The zero-order valence-electron chi connectivity index (χ0n) is 15.4. The number of furan rings is 1. The Morgan fingerprint density at radius 1 is 1.08 bits per heavy atom. The van der Waals surface area contributed by atoms with Crippen molar-refractivity contribution in [3.63, 3.8) is 0 Å². The molecule has 0 aliphatic rings. The molecule has 2 rings (SSSR count). The number of carbonyl (C=O) groups is 3. The third-order valence-electron chi connectivity index (χ3n) is 4.08. The fourth-order valence-corrected chi connectivity index (χ4v) is 2.18. The standard InChI is InChI=1S/C20H23NO5/c1-5-20(3,4)21-18(23)12-25-19(24)17-11-10-16(26-17)15-8-6-14(7-9-15)13(2)22/h6-11H,5,12H2,1-4H3,(H,21,23). The number of Topliss-reactive ketones (excluding diaryl/α,β-unsaturated/α-hetero) is 1. The second-order valence-corrected chi connectivity index (χ2v) is 6.66. The zero-order chi connectivity index (χ0) is 19.3. The average molecular weight is 357 g/mol. The number of hydrogen-bond acceptors (Lipinski definition) is 5. The third kappa shape index (κ3) is 5.05. The van der Waals surface area contributed by atoms with Crippen LogP contribution in [0, 0.1) is 0 Å². The third-order valence-corrected chi connectivity index (χ3v) is 4.08. The topological polar surface area (TPSA) is 85.6 Å². The summed E-state index contributed by atoms with van der Waals surface area (Å²) in [6, 6.07) is 10.00. The van der Waals surface area contributed by atoms with Gasteiger partial charge in [-0.05, 0) is 39.3 Å². The molecule has 2 aromatic rings. The summed E-state index contributed by atoms with van der Waals surface area (Å²) >= 11 is 0. The SMILES string of the molecule is CCC(C)(C)NC(=O)COC(=O)c1ccc(-c2ccc(C(C)=O)cc2)o1. The molecule has 26 heavy (non-hydrogen) atoms. The van der Waals surface area contributed by atoms with Gasteiger partial charge in [0.1, 0.15) is 5.76 Å². The Morgan fingerprint density at radius 2 is 1.73 bits per heavy atom. The quantitative estimate of drug-likeness (QED) is 0.604. The fourth-order valence-electron chi connectivity index (χ4n) is 2.18. The smallest absolute Gasteiger partial charge is 0.374 e. The van der Waals surface area contributed by atoms with Crippen molar-refractivity contribution < 1.29 is 23.5 Å². The first-order valence-corrected chi connectivity index (χ1v) is 8.41. The molecule has 1 aromatic heterocycles. The molecule has 0 unspecified atom stereocenters. The Morgan fingerprint density at radius 3 is 2.31 bits per heavy atom. The van der Waals surface area contributed by atoms with E-state index >= 15 is 0 Å². The highest BCUT2D eigenvalue weighted by Gasteiger charge is 2.20. The molecule has 6 nitrogen and oxygen atoms in total. The molecular weight excluding hydrogens is 334 g/mol. The molecule has 0 spiro atoms. The minimum Gasteiger partial charge on any atom is -0.450 e. The molecule has 0 fully saturated rings. The van der Waals surface area contributed by atoms with Crippen molar-refractivity contribution >= 4 is 17.7 Å². The van der Waals surface area contributed by atoms with Crippen LogP contribution in [0.4, 0.5) is 0 Å². The summed E-state index contributed by atoms with van der Waals surface area (Å²) in [6.45, 7) is 6.87. The highest BCUT2D eigenvalue weighted by molar-refractivity contribution is 5.94. The summed E-state index contributed by atoms with van der Waals surface area (Å²) in [4.78, 5) is 35.2. The van der Waals surface area contributed by atoms with Gasteiger partial charge in [0.05, 0.1) is 0 Å². The normalized spacial score (nSPS) is 11.1. The van der Waals surface area contributed by atoms with Crippen molar-refractivity contribution in [3.05, 3.63) is 47.7 Å². The number of ether oxygens (including phenoxy) is 1. The van der Waals surface area contributed by atoms with E-state index in [4.69, 9.17) is 9.15 Å². The Labute approximate surface area is 152 Å². The van der Waals surface area contributed by atoms with E-state index in [9.17, 15) is 14.4 Å². The van der Waals surface area contributed by atoms with Crippen molar-refractivity contribution in [1.82, 2.24) is 5.32 Å². The maximum Gasteiger partial charge on any atom is 0.374 e. The summed E-state index contributed by atoms with van der Waals surface area (Å²) in [5.74, 6) is -0.607. The van der Waals surface area contributed by atoms with E-state index in [1.807, 2.05) is 20.8 Å². The molecule has 0 saturated carbocycles. The van der Waals surface area contributed by atoms with Gasteiger partial charge in [-0.2, -0.15) is 0 Å². The first-order chi connectivity index (χ1) is 12.2. The zero-order valence-corrected chi connectivity index (χ0v) is 15.4. The summed E-state index contributed by atoms with van der Waals surface area (Å²) in [5.41, 5.74) is 0.977. The lowest BCUT2D eigenvalue weighted by molar-refractivity contribution is -0.125. The van der Waals surface area contributed by atoms with Crippen molar-refractivity contribution in [3.8, 4) is 11.3 Å². The van der Waals surface area contributed by atoms with Gasteiger partial charge in [-0.25, -0.2) is 4.79 Å². The molecule has 1 aromatic carbocycles. The molecule has 138 valence electrons. The largest absolute Gasteiger partial charge is 0.450 e. The van der Waals surface area contributed by atoms with E-state index in [1.54, 1.807) is 30.3 Å².